The minimum absolute atomic E-state index is 0.566. The van der Waals surface area contributed by atoms with Crippen molar-refractivity contribution in [3.05, 3.63) is 58.0 Å². The number of aliphatic hydroxyl groups excluding tert-OH is 1. The molecule has 0 aliphatic heterocycles. The SMILES string of the molecule is CCc1ccc(CC(O)c2occc2Br)cc1. The first-order chi connectivity index (χ1) is 8.20. The maximum atomic E-state index is 10.0. The second-order valence-corrected chi connectivity index (χ2v) is 4.88. The van der Waals surface area contributed by atoms with Crippen LogP contribution in [0.15, 0.2) is 45.5 Å². The van der Waals surface area contributed by atoms with Gasteiger partial charge < -0.3 is 9.52 Å². The molecule has 17 heavy (non-hydrogen) atoms. The van der Waals surface area contributed by atoms with Crippen molar-refractivity contribution in [1.82, 2.24) is 0 Å². The number of hydrogen-bond acceptors (Lipinski definition) is 2. The van der Waals surface area contributed by atoms with E-state index in [1.165, 1.54) is 5.56 Å². The Labute approximate surface area is 109 Å². The number of furan rings is 1. The maximum Gasteiger partial charge on any atom is 0.146 e. The van der Waals surface area contributed by atoms with E-state index in [0.29, 0.717) is 12.2 Å². The lowest BCUT2D eigenvalue weighted by Gasteiger charge is -2.09. The molecule has 1 unspecified atom stereocenters. The van der Waals surface area contributed by atoms with Gasteiger partial charge in [-0.2, -0.15) is 0 Å². The molecule has 90 valence electrons. The zero-order valence-corrected chi connectivity index (χ0v) is 11.3. The smallest absolute Gasteiger partial charge is 0.146 e. The van der Waals surface area contributed by atoms with Crippen molar-refractivity contribution in [3.63, 3.8) is 0 Å². The van der Waals surface area contributed by atoms with E-state index in [2.05, 4.69) is 47.1 Å². The highest BCUT2D eigenvalue weighted by Gasteiger charge is 2.15. The lowest BCUT2D eigenvalue weighted by Crippen LogP contribution is -2.01. The summed E-state index contributed by atoms with van der Waals surface area (Å²) in [5.41, 5.74) is 2.42. The molecule has 1 aromatic carbocycles. The third-order valence-electron chi connectivity index (χ3n) is 2.81. The van der Waals surface area contributed by atoms with Gasteiger partial charge in [-0.3, -0.25) is 0 Å². The van der Waals surface area contributed by atoms with Crippen molar-refractivity contribution < 1.29 is 9.52 Å². The Bertz CT molecular complexity index is 473. The Balaban J connectivity index is 2.07. The van der Waals surface area contributed by atoms with Crippen molar-refractivity contribution in [3.8, 4) is 0 Å². The van der Waals surface area contributed by atoms with Crippen molar-refractivity contribution in [2.45, 2.75) is 25.9 Å². The van der Waals surface area contributed by atoms with Crippen LogP contribution in [0.25, 0.3) is 0 Å². The van der Waals surface area contributed by atoms with Gasteiger partial charge >= 0.3 is 0 Å². The fourth-order valence-corrected chi connectivity index (χ4v) is 2.24. The highest BCUT2D eigenvalue weighted by molar-refractivity contribution is 9.10. The zero-order valence-electron chi connectivity index (χ0n) is 9.69. The standard InChI is InChI=1S/C14H15BrO2/c1-2-10-3-5-11(6-4-10)9-13(16)14-12(15)7-8-17-14/h3-8,13,16H,2,9H2,1H3. The van der Waals surface area contributed by atoms with Crippen LogP contribution in [0.3, 0.4) is 0 Å². The van der Waals surface area contributed by atoms with E-state index >= 15 is 0 Å². The van der Waals surface area contributed by atoms with Crippen LogP contribution in [0.4, 0.5) is 0 Å². The molecule has 1 aromatic heterocycles. The van der Waals surface area contributed by atoms with Gasteiger partial charge in [-0.25, -0.2) is 0 Å². The number of hydrogen-bond donors (Lipinski definition) is 1. The largest absolute Gasteiger partial charge is 0.465 e. The molecule has 1 N–H and O–H groups in total. The van der Waals surface area contributed by atoms with Gasteiger partial charge in [-0.1, -0.05) is 31.2 Å². The van der Waals surface area contributed by atoms with Crippen molar-refractivity contribution in [1.29, 1.82) is 0 Å². The summed E-state index contributed by atoms with van der Waals surface area (Å²) in [5, 5.41) is 10.0. The summed E-state index contributed by atoms with van der Waals surface area (Å²) in [4.78, 5) is 0. The van der Waals surface area contributed by atoms with Gasteiger partial charge in [0.1, 0.15) is 11.9 Å². The molecule has 0 fully saturated rings. The molecular formula is C14H15BrO2. The van der Waals surface area contributed by atoms with E-state index in [1.54, 1.807) is 12.3 Å². The summed E-state index contributed by atoms with van der Waals surface area (Å²) in [6, 6.07) is 10.1. The minimum Gasteiger partial charge on any atom is -0.465 e. The van der Waals surface area contributed by atoms with Gasteiger partial charge in [0, 0.05) is 6.42 Å². The molecule has 2 nitrogen and oxygen atoms in total. The highest BCUT2D eigenvalue weighted by Crippen LogP contribution is 2.27. The van der Waals surface area contributed by atoms with Gasteiger partial charge in [-0.05, 0) is 39.5 Å². The van der Waals surface area contributed by atoms with Crippen LogP contribution in [0.2, 0.25) is 0 Å². The molecule has 0 bridgehead atoms. The molecule has 1 atom stereocenters. The monoisotopic (exact) mass is 294 g/mol. The van der Waals surface area contributed by atoms with E-state index in [9.17, 15) is 5.11 Å². The first kappa shape index (κ1) is 12.4. The average molecular weight is 295 g/mol. The van der Waals surface area contributed by atoms with Crippen molar-refractivity contribution in [2.24, 2.45) is 0 Å². The number of rotatable bonds is 4. The molecule has 0 spiro atoms. The lowest BCUT2D eigenvalue weighted by atomic mass is 10.0. The Hall–Kier alpha value is -1.06. The Kier molecular flexibility index (Phi) is 4.02. The summed E-state index contributed by atoms with van der Waals surface area (Å²) in [6.07, 6.45) is 2.57. The zero-order chi connectivity index (χ0) is 12.3. The number of aryl methyl sites for hydroxylation is 1. The number of benzene rings is 1. The molecule has 2 rings (SSSR count). The highest BCUT2D eigenvalue weighted by atomic mass is 79.9. The van der Waals surface area contributed by atoms with Gasteiger partial charge in [0.25, 0.3) is 0 Å². The van der Waals surface area contributed by atoms with Crippen molar-refractivity contribution in [2.75, 3.05) is 0 Å². The van der Waals surface area contributed by atoms with Crippen LogP contribution in [-0.4, -0.2) is 5.11 Å². The molecule has 0 saturated carbocycles. The first-order valence-electron chi connectivity index (χ1n) is 5.69. The van der Waals surface area contributed by atoms with Crippen LogP contribution < -0.4 is 0 Å². The minimum atomic E-state index is -0.605. The van der Waals surface area contributed by atoms with E-state index in [0.717, 1.165) is 16.5 Å². The molecule has 3 heteroatoms. The van der Waals surface area contributed by atoms with E-state index in [1.807, 2.05) is 0 Å². The van der Waals surface area contributed by atoms with E-state index in [-0.39, 0.29) is 0 Å². The summed E-state index contributed by atoms with van der Waals surface area (Å²) in [5.74, 6) is 0.588. The van der Waals surface area contributed by atoms with E-state index in [4.69, 9.17) is 4.42 Å². The number of aliphatic hydroxyl groups is 1. The Morgan fingerprint density at radius 3 is 2.35 bits per heavy atom. The van der Waals surface area contributed by atoms with Crippen LogP contribution >= 0.6 is 15.9 Å². The second-order valence-electron chi connectivity index (χ2n) is 4.02. The van der Waals surface area contributed by atoms with Gasteiger partial charge in [0.15, 0.2) is 0 Å². The van der Waals surface area contributed by atoms with Gasteiger partial charge in [-0.15, -0.1) is 0 Å². The van der Waals surface area contributed by atoms with Crippen molar-refractivity contribution >= 4 is 15.9 Å². The molecule has 0 amide bonds. The molecule has 0 aliphatic rings. The third-order valence-corrected chi connectivity index (χ3v) is 3.46. The average Bonchev–Trinajstić information content (AvgIpc) is 2.76. The second kappa shape index (κ2) is 5.52. The molecule has 0 aliphatic carbocycles. The van der Waals surface area contributed by atoms with Crippen LogP contribution in [-0.2, 0) is 12.8 Å². The Morgan fingerprint density at radius 2 is 1.82 bits per heavy atom. The molecule has 0 saturated heterocycles. The topological polar surface area (TPSA) is 33.4 Å². The van der Waals surface area contributed by atoms with E-state index < -0.39 is 6.10 Å². The summed E-state index contributed by atoms with van der Waals surface area (Å²) < 4.78 is 6.06. The molecule has 0 radical (unpaired) electrons. The lowest BCUT2D eigenvalue weighted by molar-refractivity contribution is 0.149. The summed E-state index contributed by atoms with van der Waals surface area (Å²) in [6.45, 7) is 2.13. The normalized spacial score (nSPS) is 12.6. The summed E-state index contributed by atoms with van der Waals surface area (Å²) in [7, 11) is 0. The summed E-state index contributed by atoms with van der Waals surface area (Å²) >= 11 is 3.35. The molecule has 2 aromatic rings. The Morgan fingerprint density at radius 1 is 1.18 bits per heavy atom. The van der Waals surface area contributed by atoms with Crippen LogP contribution in [0.5, 0.6) is 0 Å². The predicted octanol–water partition coefficient (Wildman–Crippen LogP) is 3.88. The number of halogens is 1. The van der Waals surface area contributed by atoms with Crippen LogP contribution in [0, 0.1) is 0 Å². The first-order valence-corrected chi connectivity index (χ1v) is 6.48. The molecule has 1 heterocycles. The fourth-order valence-electron chi connectivity index (χ4n) is 1.77. The maximum absolute atomic E-state index is 10.0. The van der Waals surface area contributed by atoms with Gasteiger partial charge in [0.2, 0.25) is 0 Å². The van der Waals surface area contributed by atoms with Crippen LogP contribution in [0.1, 0.15) is 29.9 Å². The van der Waals surface area contributed by atoms with Gasteiger partial charge in [0.05, 0.1) is 10.7 Å². The molecular weight excluding hydrogens is 280 g/mol. The quantitative estimate of drug-likeness (QED) is 0.928. The third kappa shape index (κ3) is 2.99. The predicted molar refractivity (Wildman–Crippen MR) is 70.9 cm³/mol. The fraction of sp³-hybridized carbons (Fsp3) is 0.286.